The summed E-state index contributed by atoms with van der Waals surface area (Å²) in [6, 6.07) is 8.50. The molecule has 0 amide bonds. The highest BCUT2D eigenvalue weighted by molar-refractivity contribution is 5.42. The molecule has 0 N–H and O–H groups in total. The summed E-state index contributed by atoms with van der Waals surface area (Å²) in [5, 5.41) is 17.7. The van der Waals surface area contributed by atoms with Crippen LogP contribution in [0.15, 0.2) is 18.2 Å². The molecule has 0 spiro atoms. The monoisotopic (exact) mass is 280 g/mol. The molecule has 1 aromatic carbocycles. The molecule has 4 nitrogen and oxygen atoms in total. The molecule has 0 radical (unpaired) electrons. The second kappa shape index (κ2) is 5.69. The van der Waals surface area contributed by atoms with Crippen molar-refractivity contribution in [3.8, 4) is 11.8 Å². The molecule has 0 saturated heterocycles. The highest BCUT2D eigenvalue weighted by Gasteiger charge is 2.25. The van der Waals surface area contributed by atoms with Crippen LogP contribution in [-0.4, -0.2) is 15.0 Å². The van der Waals surface area contributed by atoms with Gasteiger partial charge in [0.05, 0.1) is 11.4 Å². The van der Waals surface area contributed by atoms with E-state index in [1.165, 1.54) is 30.4 Å². The Balaban J connectivity index is 2.08. The lowest BCUT2D eigenvalue weighted by atomic mass is 9.86. The summed E-state index contributed by atoms with van der Waals surface area (Å²) in [6.45, 7) is 4.20. The standard InChI is InChI=1S/C17H20N4/c1-12-8-9-15(10-13(12)2)21-17(16(11-18)19-20-21)14-6-4-3-5-7-14/h8-10,14H,3-7H2,1-2H3. The second-order valence-corrected chi connectivity index (χ2v) is 5.95. The zero-order valence-electron chi connectivity index (χ0n) is 12.6. The SMILES string of the molecule is Cc1ccc(-n2nnc(C#N)c2C2CCCCC2)cc1C. The van der Waals surface area contributed by atoms with Gasteiger partial charge in [-0.15, -0.1) is 5.10 Å². The molecular formula is C17H20N4. The fourth-order valence-corrected chi connectivity index (χ4v) is 3.16. The topological polar surface area (TPSA) is 54.5 Å². The third kappa shape index (κ3) is 2.56. The van der Waals surface area contributed by atoms with Crippen LogP contribution >= 0.6 is 0 Å². The van der Waals surface area contributed by atoms with Crippen LogP contribution in [0.25, 0.3) is 5.69 Å². The van der Waals surface area contributed by atoms with Gasteiger partial charge in [-0.05, 0) is 49.9 Å². The van der Waals surface area contributed by atoms with Crippen LogP contribution < -0.4 is 0 Å². The molecule has 1 saturated carbocycles. The lowest BCUT2D eigenvalue weighted by Crippen LogP contribution is -2.12. The molecule has 4 heteroatoms. The molecule has 3 rings (SSSR count). The van der Waals surface area contributed by atoms with E-state index in [1.54, 1.807) is 0 Å². The molecule has 1 aromatic heterocycles. The first-order valence-electron chi connectivity index (χ1n) is 7.64. The van der Waals surface area contributed by atoms with Crippen molar-refractivity contribution in [1.82, 2.24) is 15.0 Å². The summed E-state index contributed by atoms with van der Waals surface area (Å²) >= 11 is 0. The average Bonchev–Trinajstić information content (AvgIpc) is 2.95. The van der Waals surface area contributed by atoms with Crippen molar-refractivity contribution in [2.24, 2.45) is 0 Å². The molecule has 0 bridgehead atoms. The van der Waals surface area contributed by atoms with Crippen molar-refractivity contribution >= 4 is 0 Å². The van der Waals surface area contributed by atoms with Crippen LogP contribution in [0, 0.1) is 25.2 Å². The zero-order valence-corrected chi connectivity index (χ0v) is 12.6. The largest absolute Gasteiger partial charge is 0.216 e. The normalized spacial score (nSPS) is 15.9. The summed E-state index contributed by atoms with van der Waals surface area (Å²) in [5.74, 6) is 0.407. The first kappa shape index (κ1) is 13.8. The van der Waals surface area contributed by atoms with Gasteiger partial charge < -0.3 is 0 Å². The van der Waals surface area contributed by atoms with Crippen molar-refractivity contribution in [3.63, 3.8) is 0 Å². The molecule has 1 aliphatic rings. The van der Waals surface area contributed by atoms with E-state index in [1.807, 2.05) is 4.68 Å². The van der Waals surface area contributed by atoms with Crippen molar-refractivity contribution < 1.29 is 0 Å². The lowest BCUT2D eigenvalue weighted by molar-refractivity contribution is 0.429. The third-order valence-electron chi connectivity index (χ3n) is 4.54. The Morgan fingerprint density at radius 3 is 2.57 bits per heavy atom. The maximum atomic E-state index is 9.34. The predicted molar refractivity (Wildman–Crippen MR) is 81.4 cm³/mol. The maximum absolute atomic E-state index is 9.34. The van der Waals surface area contributed by atoms with E-state index in [0.717, 1.165) is 24.2 Å². The van der Waals surface area contributed by atoms with E-state index in [9.17, 15) is 5.26 Å². The predicted octanol–water partition coefficient (Wildman–Crippen LogP) is 3.80. The van der Waals surface area contributed by atoms with Crippen molar-refractivity contribution in [2.45, 2.75) is 51.9 Å². The average molecular weight is 280 g/mol. The molecule has 2 aromatic rings. The first-order chi connectivity index (χ1) is 10.2. The van der Waals surface area contributed by atoms with Gasteiger partial charge in [0.2, 0.25) is 0 Å². The second-order valence-electron chi connectivity index (χ2n) is 5.95. The smallest absolute Gasteiger partial charge is 0.186 e. The van der Waals surface area contributed by atoms with Gasteiger partial charge in [0, 0.05) is 5.92 Å². The molecule has 1 fully saturated rings. The molecule has 1 heterocycles. The van der Waals surface area contributed by atoms with Crippen LogP contribution in [0.1, 0.15) is 60.5 Å². The zero-order chi connectivity index (χ0) is 14.8. The molecule has 21 heavy (non-hydrogen) atoms. The van der Waals surface area contributed by atoms with Gasteiger partial charge in [-0.25, -0.2) is 4.68 Å². The van der Waals surface area contributed by atoms with Crippen LogP contribution in [0.5, 0.6) is 0 Å². The number of nitriles is 1. The van der Waals surface area contributed by atoms with Gasteiger partial charge in [-0.2, -0.15) is 5.26 Å². The number of hydrogen-bond donors (Lipinski definition) is 0. The Kier molecular flexibility index (Phi) is 3.74. The van der Waals surface area contributed by atoms with E-state index in [0.29, 0.717) is 11.6 Å². The minimum atomic E-state index is 0.407. The Hall–Kier alpha value is -2.15. The summed E-state index contributed by atoms with van der Waals surface area (Å²) in [7, 11) is 0. The highest BCUT2D eigenvalue weighted by Crippen LogP contribution is 2.34. The molecule has 1 aliphatic carbocycles. The van der Waals surface area contributed by atoms with E-state index in [-0.39, 0.29) is 0 Å². The fraction of sp³-hybridized carbons (Fsp3) is 0.471. The van der Waals surface area contributed by atoms with Crippen molar-refractivity contribution in [1.29, 1.82) is 5.26 Å². The van der Waals surface area contributed by atoms with Crippen LogP contribution in [0.3, 0.4) is 0 Å². The lowest BCUT2D eigenvalue weighted by Gasteiger charge is -2.22. The van der Waals surface area contributed by atoms with Gasteiger partial charge in [0.15, 0.2) is 5.69 Å². The van der Waals surface area contributed by atoms with Crippen LogP contribution in [0.4, 0.5) is 0 Å². The number of rotatable bonds is 2. The molecule has 0 atom stereocenters. The number of aromatic nitrogens is 3. The van der Waals surface area contributed by atoms with Gasteiger partial charge in [-0.3, -0.25) is 0 Å². The fourth-order valence-electron chi connectivity index (χ4n) is 3.16. The third-order valence-corrected chi connectivity index (χ3v) is 4.54. The van der Waals surface area contributed by atoms with Gasteiger partial charge in [-0.1, -0.05) is 30.5 Å². The quantitative estimate of drug-likeness (QED) is 0.840. The summed E-state index contributed by atoms with van der Waals surface area (Å²) in [4.78, 5) is 0. The molecule has 0 unspecified atom stereocenters. The number of hydrogen-bond acceptors (Lipinski definition) is 3. The van der Waals surface area contributed by atoms with Gasteiger partial charge in [0.25, 0.3) is 0 Å². The Morgan fingerprint density at radius 1 is 1.14 bits per heavy atom. The van der Waals surface area contributed by atoms with Crippen molar-refractivity contribution in [3.05, 3.63) is 40.7 Å². The van der Waals surface area contributed by atoms with Crippen LogP contribution in [0.2, 0.25) is 0 Å². The Bertz CT molecular complexity index is 687. The van der Waals surface area contributed by atoms with E-state index in [4.69, 9.17) is 0 Å². The number of benzene rings is 1. The molecule has 108 valence electrons. The van der Waals surface area contributed by atoms with Gasteiger partial charge in [0.1, 0.15) is 6.07 Å². The number of nitrogens with zero attached hydrogens (tertiary/aromatic N) is 4. The Morgan fingerprint density at radius 2 is 1.90 bits per heavy atom. The highest BCUT2D eigenvalue weighted by atomic mass is 15.4. The maximum Gasteiger partial charge on any atom is 0.186 e. The summed E-state index contributed by atoms with van der Waals surface area (Å²) in [6.07, 6.45) is 6.02. The minimum absolute atomic E-state index is 0.407. The number of aryl methyl sites for hydroxylation is 2. The van der Waals surface area contributed by atoms with E-state index < -0.39 is 0 Å². The minimum Gasteiger partial charge on any atom is -0.216 e. The van der Waals surface area contributed by atoms with Crippen molar-refractivity contribution in [2.75, 3.05) is 0 Å². The van der Waals surface area contributed by atoms with E-state index >= 15 is 0 Å². The Labute approximate surface area is 125 Å². The molecular weight excluding hydrogens is 260 g/mol. The van der Waals surface area contributed by atoms with Gasteiger partial charge >= 0.3 is 0 Å². The first-order valence-corrected chi connectivity index (χ1v) is 7.64. The summed E-state index contributed by atoms with van der Waals surface area (Å²) in [5.41, 5.74) is 4.99. The summed E-state index contributed by atoms with van der Waals surface area (Å²) < 4.78 is 1.88. The van der Waals surface area contributed by atoms with Crippen LogP contribution in [-0.2, 0) is 0 Å². The molecule has 0 aliphatic heterocycles. The van der Waals surface area contributed by atoms with E-state index in [2.05, 4.69) is 48.4 Å².